The Morgan fingerprint density at radius 1 is 0.793 bits per heavy atom. The van der Waals surface area contributed by atoms with E-state index in [1.54, 1.807) is 30.6 Å². The highest BCUT2D eigenvalue weighted by atomic mass is 16.5. The lowest BCUT2D eigenvalue weighted by Gasteiger charge is -2.09. The average Bonchev–Trinajstić information content (AvgIpc) is 2.75. The van der Waals surface area contributed by atoms with E-state index in [0.29, 0.717) is 12.2 Å². The molecule has 0 spiro atoms. The topological polar surface area (TPSA) is 92.4 Å². The van der Waals surface area contributed by atoms with E-state index in [1.807, 2.05) is 48.5 Å². The highest BCUT2D eigenvalue weighted by molar-refractivity contribution is 5.92. The molecule has 0 fully saturated rings. The van der Waals surface area contributed by atoms with Crippen molar-refractivity contribution in [2.45, 2.75) is 6.54 Å². The lowest BCUT2D eigenvalue weighted by Crippen LogP contribution is -2.29. The number of hydrogen-bond donors (Lipinski definition) is 3. The number of carbonyl (C=O) groups excluding carboxylic acids is 2. The molecule has 0 bridgehead atoms. The molecule has 3 aromatic rings. The maximum atomic E-state index is 12.0. The lowest BCUT2D eigenvalue weighted by molar-refractivity contribution is -0.128. The molecular weight excluding hydrogens is 368 g/mol. The summed E-state index contributed by atoms with van der Waals surface area (Å²) in [4.78, 5) is 27.7. The van der Waals surface area contributed by atoms with E-state index >= 15 is 0 Å². The summed E-state index contributed by atoms with van der Waals surface area (Å²) in [5.41, 5.74) is 3.44. The molecule has 1 heterocycles. The number of amides is 2. The van der Waals surface area contributed by atoms with Gasteiger partial charge in [-0.3, -0.25) is 14.6 Å². The lowest BCUT2D eigenvalue weighted by atomic mass is 10.2. The Labute approximate surface area is 169 Å². The molecule has 7 nitrogen and oxygen atoms in total. The Hall–Kier alpha value is -3.71. The van der Waals surface area contributed by atoms with Crippen LogP contribution in [0, 0.1) is 0 Å². The van der Waals surface area contributed by atoms with Gasteiger partial charge in [0.1, 0.15) is 13.2 Å². The van der Waals surface area contributed by atoms with Gasteiger partial charge in [-0.05, 0) is 48.0 Å². The Kier molecular flexibility index (Phi) is 7.31. The first kappa shape index (κ1) is 20.0. The van der Waals surface area contributed by atoms with Crippen LogP contribution in [-0.2, 0) is 20.9 Å². The zero-order valence-corrected chi connectivity index (χ0v) is 15.8. The van der Waals surface area contributed by atoms with Gasteiger partial charge in [-0.2, -0.15) is 0 Å². The highest BCUT2D eigenvalue weighted by Crippen LogP contribution is 2.18. The number of anilines is 3. The first-order valence-electron chi connectivity index (χ1n) is 9.14. The van der Waals surface area contributed by atoms with Gasteiger partial charge in [0.2, 0.25) is 11.8 Å². The fourth-order valence-electron chi connectivity index (χ4n) is 2.51. The number of pyridine rings is 1. The maximum Gasteiger partial charge on any atom is 0.250 e. The van der Waals surface area contributed by atoms with E-state index in [0.717, 1.165) is 16.9 Å². The third-order valence-electron chi connectivity index (χ3n) is 3.91. The summed E-state index contributed by atoms with van der Waals surface area (Å²) in [7, 11) is 0. The molecule has 0 saturated carbocycles. The van der Waals surface area contributed by atoms with Gasteiger partial charge in [0.05, 0.1) is 0 Å². The second-order valence-corrected chi connectivity index (χ2v) is 6.25. The van der Waals surface area contributed by atoms with E-state index in [9.17, 15) is 9.59 Å². The molecule has 148 valence electrons. The van der Waals surface area contributed by atoms with Crippen LogP contribution < -0.4 is 16.0 Å². The van der Waals surface area contributed by atoms with Gasteiger partial charge in [0, 0.05) is 36.0 Å². The number of hydrogen-bond acceptors (Lipinski definition) is 5. The van der Waals surface area contributed by atoms with Crippen molar-refractivity contribution in [2.24, 2.45) is 0 Å². The Bertz CT molecular complexity index is 916. The normalized spacial score (nSPS) is 10.2. The smallest absolute Gasteiger partial charge is 0.250 e. The van der Waals surface area contributed by atoms with Crippen molar-refractivity contribution < 1.29 is 14.3 Å². The minimum Gasteiger partial charge on any atom is -0.362 e. The predicted molar refractivity (Wildman–Crippen MR) is 112 cm³/mol. The highest BCUT2D eigenvalue weighted by Gasteiger charge is 2.06. The molecular formula is C22H22N4O3. The van der Waals surface area contributed by atoms with E-state index in [-0.39, 0.29) is 25.0 Å². The van der Waals surface area contributed by atoms with Crippen LogP contribution in [0.5, 0.6) is 0 Å². The summed E-state index contributed by atoms with van der Waals surface area (Å²) in [6.07, 6.45) is 3.34. The van der Waals surface area contributed by atoms with Crippen LogP contribution in [0.4, 0.5) is 17.1 Å². The minimum atomic E-state index is -0.325. The van der Waals surface area contributed by atoms with Crippen molar-refractivity contribution in [3.05, 3.63) is 84.7 Å². The number of nitrogens with one attached hydrogen (secondary N) is 3. The van der Waals surface area contributed by atoms with Gasteiger partial charge in [-0.15, -0.1) is 0 Å². The molecule has 7 heteroatoms. The molecule has 0 aliphatic heterocycles. The molecule has 0 unspecified atom stereocenters. The van der Waals surface area contributed by atoms with Crippen LogP contribution in [0.15, 0.2) is 79.1 Å². The second-order valence-electron chi connectivity index (χ2n) is 6.25. The molecule has 2 aromatic carbocycles. The predicted octanol–water partition coefficient (Wildman–Crippen LogP) is 3.10. The summed E-state index contributed by atoms with van der Waals surface area (Å²) in [6, 6.07) is 20.8. The quantitative estimate of drug-likeness (QED) is 0.522. The van der Waals surface area contributed by atoms with E-state index < -0.39 is 0 Å². The monoisotopic (exact) mass is 390 g/mol. The average molecular weight is 390 g/mol. The summed E-state index contributed by atoms with van der Waals surface area (Å²) >= 11 is 0. The zero-order chi connectivity index (χ0) is 20.3. The SMILES string of the molecule is O=C(COCC(=O)Nc1ccc(Nc2ccccc2)cc1)NCc1cccnc1. The first-order valence-corrected chi connectivity index (χ1v) is 9.14. The largest absolute Gasteiger partial charge is 0.362 e. The summed E-state index contributed by atoms with van der Waals surface area (Å²) in [5.74, 6) is -0.619. The molecule has 0 saturated heterocycles. The zero-order valence-electron chi connectivity index (χ0n) is 15.8. The fourth-order valence-corrected chi connectivity index (χ4v) is 2.51. The fraction of sp³-hybridized carbons (Fsp3) is 0.136. The van der Waals surface area contributed by atoms with Crippen LogP contribution in [-0.4, -0.2) is 30.0 Å². The third-order valence-corrected chi connectivity index (χ3v) is 3.91. The number of benzene rings is 2. The van der Waals surface area contributed by atoms with E-state index in [2.05, 4.69) is 20.9 Å². The first-order chi connectivity index (χ1) is 14.2. The van der Waals surface area contributed by atoms with Gasteiger partial charge in [0.25, 0.3) is 0 Å². The van der Waals surface area contributed by atoms with Crippen molar-refractivity contribution in [2.75, 3.05) is 23.8 Å². The third kappa shape index (κ3) is 7.08. The van der Waals surface area contributed by atoms with Crippen LogP contribution in [0.25, 0.3) is 0 Å². The molecule has 0 aliphatic rings. The number of aromatic nitrogens is 1. The summed E-state index contributed by atoms with van der Waals surface area (Å²) < 4.78 is 5.17. The molecule has 1 aromatic heterocycles. The van der Waals surface area contributed by atoms with Crippen molar-refractivity contribution in [1.82, 2.24) is 10.3 Å². The summed E-state index contributed by atoms with van der Waals surface area (Å²) in [5, 5.41) is 8.71. The van der Waals surface area contributed by atoms with Crippen molar-refractivity contribution in [3.8, 4) is 0 Å². The van der Waals surface area contributed by atoms with Crippen LogP contribution in [0.3, 0.4) is 0 Å². The minimum absolute atomic E-state index is 0.187. The standard InChI is InChI=1S/C22H22N4O3/c27-21(24-14-17-5-4-12-23-13-17)15-29-16-22(28)26-20-10-8-19(9-11-20)25-18-6-2-1-3-7-18/h1-13,25H,14-16H2,(H,24,27)(H,26,28). The Morgan fingerprint density at radius 3 is 2.21 bits per heavy atom. The molecule has 3 N–H and O–H groups in total. The number of ether oxygens (including phenoxy) is 1. The van der Waals surface area contributed by atoms with Crippen LogP contribution in [0.2, 0.25) is 0 Å². The van der Waals surface area contributed by atoms with E-state index in [4.69, 9.17) is 4.74 Å². The van der Waals surface area contributed by atoms with Crippen LogP contribution in [0.1, 0.15) is 5.56 Å². The van der Waals surface area contributed by atoms with Crippen LogP contribution >= 0.6 is 0 Å². The molecule has 0 radical (unpaired) electrons. The number of para-hydroxylation sites is 1. The van der Waals surface area contributed by atoms with Crippen molar-refractivity contribution in [1.29, 1.82) is 0 Å². The second kappa shape index (κ2) is 10.6. The van der Waals surface area contributed by atoms with Gasteiger partial charge >= 0.3 is 0 Å². The van der Waals surface area contributed by atoms with Crippen molar-refractivity contribution in [3.63, 3.8) is 0 Å². The molecule has 0 aliphatic carbocycles. The summed E-state index contributed by atoms with van der Waals surface area (Å²) in [6.45, 7) is -0.0243. The molecule has 29 heavy (non-hydrogen) atoms. The van der Waals surface area contributed by atoms with Gasteiger partial charge < -0.3 is 20.7 Å². The Balaban J connectivity index is 1.35. The van der Waals surface area contributed by atoms with Gasteiger partial charge in [-0.1, -0.05) is 24.3 Å². The number of nitrogens with zero attached hydrogens (tertiary/aromatic N) is 1. The number of carbonyl (C=O) groups is 2. The van der Waals surface area contributed by atoms with Crippen molar-refractivity contribution >= 4 is 28.9 Å². The van der Waals surface area contributed by atoms with Gasteiger partial charge in [-0.25, -0.2) is 0 Å². The molecule has 2 amide bonds. The maximum absolute atomic E-state index is 12.0. The van der Waals surface area contributed by atoms with E-state index in [1.165, 1.54) is 0 Å². The Morgan fingerprint density at radius 2 is 1.48 bits per heavy atom. The number of rotatable bonds is 9. The molecule has 3 rings (SSSR count). The molecule has 0 atom stereocenters. The van der Waals surface area contributed by atoms with Gasteiger partial charge in [0.15, 0.2) is 0 Å².